The molecule has 51 heavy (non-hydrogen) atoms. The van der Waals surface area contributed by atoms with Gasteiger partial charge >= 0.3 is 0 Å². The van der Waals surface area contributed by atoms with Crippen molar-refractivity contribution in [2.24, 2.45) is 0 Å². The molecule has 0 unspecified atom stereocenters. The second-order valence-electron chi connectivity index (χ2n) is 13.6. The van der Waals surface area contributed by atoms with Crippen LogP contribution in [0.1, 0.15) is 0 Å². The van der Waals surface area contributed by atoms with Gasteiger partial charge < -0.3 is 4.90 Å². The van der Waals surface area contributed by atoms with Crippen molar-refractivity contribution in [3.63, 3.8) is 0 Å². The van der Waals surface area contributed by atoms with E-state index in [1.807, 2.05) is 18.5 Å². The summed E-state index contributed by atoms with van der Waals surface area (Å²) in [6.07, 6.45) is 3.76. The zero-order valence-electron chi connectivity index (χ0n) is 27.7. The molecule has 1 aromatic heterocycles. The number of pyridine rings is 1. The minimum atomic E-state index is 1.02. The zero-order chi connectivity index (χ0) is 33.5. The average Bonchev–Trinajstić information content (AvgIpc) is 3.70. The van der Waals surface area contributed by atoms with E-state index in [4.69, 9.17) is 0 Å². The third-order valence-electron chi connectivity index (χ3n) is 10.8. The first-order chi connectivity index (χ1) is 25.3. The SMILES string of the molecule is c1cncc(N(c2ccc(-c3ccc4c(c3)-c3cccc5cccc-4c35)cc2)c2ccc(-c3ccc4c(c3)-c3cccc5cccc-4c35)cc2)c1. The summed E-state index contributed by atoms with van der Waals surface area (Å²) in [6.45, 7) is 0. The Morgan fingerprint density at radius 3 is 1.18 bits per heavy atom. The standard InChI is InChI=1S/C49H30N2/c1-6-33-8-3-13-44-46-28-35(19-25-40(46)42(11-1)48(33)44)31-15-21-37(22-16-31)51(39-10-5-27-50-30-39)38-23-17-32(18-24-38)36-20-26-41-43-12-2-7-34-9-4-14-45(49(34)43)47(41)29-36/h1-30H. The van der Waals surface area contributed by atoms with Gasteiger partial charge in [0.2, 0.25) is 0 Å². The fraction of sp³-hybridized carbons (Fsp3) is 0. The van der Waals surface area contributed by atoms with Gasteiger partial charge in [0.25, 0.3) is 0 Å². The van der Waals surface area contributed by atoms with Crippen molar-refractivity contribution in [3.8, 4) is 66.8 Å². The lowest BCUT2D eigenvalue weighted by Gasteiger charge is -2.25. The first-order valence-corrected chi connectivity index (χ1v) is 17.5. The summed E-state index contributed by atoms with van der Waals surface area (Å²) in [4.78, 5) is 6.76. The molecular weight excluding hydrogens is 617 g/mol. The Labute approximate surface area is 296 Å². The number of hydrogen-bond acceptors (Lipinski definition) is 2. The Bertz CT molecular complexity index is 2640. The first-order valence-electron chi connectivity index (χ1n) is 17.5. The van der Waals surface area contributed by atoms with Crippen LogP contribution in [0.15, 0.2) is 182 Å². The van der Waals surface area contributed by atoms with E-state index in [0.29, 0.717) is 0 Å². The fourth-order valence-electron chi connectivity index (χ4n) is 8.48. The van der Waals surface area contributed by atoms with Crippen LogP contribution in [-0.4, -0.2) is 4.98 Å². The summed E-state index contributed by atoms with van der Waals surface area (Å²) >= 11 is 0. The minimum absolute atomic E-state index is 1.02. The highest BCUT2D eigenvalue weighted by atomic mass is 15.1. The van der Waals surface area contributed by atoms with E-state index in [1.165, 1.54) is 88.3 Å². The van der Waals surface area contributed by atoms with Gasteiger partial charge in [0.1, 0.15) is 0 Å². The predicted molar refractivity (Wildman–Crippen MR) is 214 cm³/mol. The molecule has 0 atom stereocenters. The van der Waals surface area contributed by atoms with E-state index in [2.05, 4.69) is 174 Å². The van der Waals surface area contributed by atoms with Crippen LogP contribution in [0.25, 0.3) is 88.3 Å². The normalized spacial score (nSPS) is 11.9. The number of anilines is 3. The van der Waals surface area contributed by atoms with Crippen molar-refractivity contribution in [2.45, 2.75) is 0 Å². The molecule has 0 spiro atoms. The Kier molecular flexibility index (Phi) is 5.99. The highest BCUT2D eigenvalue weighted by Gasteiger charge is 2.23. The molecule has 0 saturated heterocycles. The Balaban J connectivity index is 0.933. The molecule has 0 bridgehead atoms. The van der Waals surface area contributed by atoms with Gasteiger partial charge in [0, 0.05) is 17.6 Å². The monoisotopic (exact) mass is 646 g/mol. The van der Waals surface area contributed by atoms with Crippen LogP contribution < -0.4 is 4.90 Å². The first kappa shape index (κ1) is 28.1. The average molecular weight is 647 g/mol. The van der Waals surface area contributed by atoms with Crippen molar-refractivity contribution in [1.29, 1.82) is 0 Å². The summed E-state index contributed by atoms with van der Waals surface area (Å²) < 4.78 is 0. The van der Waals surface area contributed by atoms with Crippen LogP contribution in [-0.2, 0) is 0 Å². The van der Waals surface area contributed by atoms with E-state index in [9.17, 15) is 0 Å². The van der Waals surface area contributed by atoms with E-state index in [-0.39, 0.29) is 0 Å². The van der Waals surface area contributed by atoms with Crippen LogP contribution >= 0.6 is 0 Å². The second-order valence-corrected chi connectivity index (χ2v) is 13.6. The highest BCUT2D eigenvalue weighted by molar-refractivity contribution is 6.16. The molecule has 0 aliphatic heterocycles. The number of hydrogen-bond donors (Lipinski definition) is 0. The number of fused-ring (bicyclic) bond motifs is 6. The largest absolute Gasteiger partial charge is 0.309 e. The zero-order valence-corrected chi connectivity index (χ0v) is 27.7. The molecule has 0 saturated carbocycles. The molecule has 2 heteroatoms. The van der Waals surface area contributed by atoms with Gasteiger partial charge in [-0.05, 0) is 137 Å². The van der Waals surface area contributed by atoms with Gasteiger partial charge in [-0.1, -0.05) is 121 Å². The van der Waals surface area contributed by atoms with E-state index in [0.717, 1.165) is 17.1 Å². The summed E-state index contributed by atoms with van der Waals surface area (Å²) in [5.41, 5.74) is 18.6. The Hall–Kier alpha value is -6.77. The summed E-state index contributed by atoms with van der Waals surface area (Å²) in [6, 6.07) is 62.3. The molecule has 8 aromatic carbocycles. The lowest BCUT2D eigenvalue weighted by molar-refractivity contribution is 1.23. The predicted octanol–water partition coefficient (Wildman–Crippen LogP) is 13.5. The van der Waals surface area contributed by atoms with Crippen LogP contribution in [0.3, 0.4) is 0 Å². The van der Waals surface area contributed by atoms with E-state index < -0.39 is 0 Å². The smallest absolute Gasteiger partial charge is 0.0644 e. The molecule has 0 N–H and O–H groups in total. The maximum absolute atomic E-state index is 4.48. The van der Waals surface area contributed by atoms with Crippen molar-refractivity contribution >= 4 is 38.6 Å². The number of rotatable bonds is 5. The molecule has 0 fully saturated rings. The van der Waals surface area contributed by atoms with Gasteiger partial charge in [-0.2, -0.15) is 0 Å². The number of nitrogens with zero attached hydrogens (tertiary/aromatic N) is 2. The van der Waals surface area contributed by atoms with Crippen molar-refractivity contribution < 1.29 is 0 Å². The summed E-state index contributed by atoms with van der Waals surface area (Å²) in [5, 5.41) is 5.32. The molecule has 0 amide bonds. The van der Waals surface area contributed by atoms with Gasteiger partial charge in [-0.25, -0.2) is 0 Å². The number of aromatic nitrogens is 1. The topological polar surface area (TPSA) is 16.1 Å². The van der Waals surface area contributed by atoms with Gasteiger partial charge in [-0.3, -0.25) is 4.98 Å². The lowest BCUT2D eigenvalue weighted by Crippen LogP contribution is -2.10. The van der Waals surface area contributed by atoms with Crippen LogP contribution in [0.5, 0.6) is 0 Å². The minimum Gasteiger partial charge on any atom is -0.309 e. The number of benzene rings is 8. The highest BCUT2D eigenvalue weighted by Crippen LogP contribution is 2.50. The molecule has 2 nitrogen and oxygen atoms in total. The molecule has 0 radical (unpaired) electrons. The third-order valence-corrected chi connectivity index (χ3v) is 10.8. The van der Waals surface area contributed by atoms with E-state index >= 15 is 0 Å². The Morgan fingerprint density at radius 2 is 0.745 bits per heavy atom. The van der Waals surface area contributed by atoms with Crippen molar-refractivity contribution in [3.05, 3.63) is 182 Å². The van der Waals surface area contributed by atoms with Crippen LogP contribution in [0.4, 0.5) is 17.1 Å². The summed E-state index contributed by atoms with van der Waals surface area (Å²) in [7, 11) is 0. The second kappa shape index (κ2) is 10.9. The molecular formula is C49H30N2. The molecule has 2 aliphatic rings. The maximum atomic E-state index is 4.48. The van der Waals surface area contributed by atoms with Crippen molar-refractivity contribution in [2.75, 3.05) is 4.90 Å². The van der Waals surface area contributed by atoms with Gasteiger partial charge in [0.05, 0.1) is 11.9 Å². The van der Waals surface area contributed by atoms with Crippen molar-refractivity contribution in [1.82, 2.24) is 4.98 Å². The van der Waals surface area contributed by atoms with Gasteiger partial charge in [-0.15, -0.1) is 0 Å². The molecule has 9 aromatic rings. The molecule has 236 valence electrons. The van der Waals surface area contributed by atoms with Crippen LogP contribution in [0, 0.1) is 0 Å². The third kappa shape index (κ3) is 4.27. The Morgan fingerprint density at radius 1 is 0.314 bits per heavy atom. The quantitative estimate of drug-likeness (QED) is 0.185. The van der Waals surface area contributed by atoms with E-state index in [1.54, 1.807) is 0 Å². The fourth-order valence-corrected chi connectivity index (χ4v) is 8.48. The maximum Gasteiger partial charge on any atom is 0.0644 e. The molecule has 1 heterocycles. The lowest BCUT2D eigenvalue weighted by atomic mass is 9.97. The van der Waals surface area contributed by atoms with Crippen LogP contribution in [0.2, 0.25) is 0 Å². The molecule has 2 aliphatic carbocycles. The van der Waals surface area contributed by atoms with Gasteiger partial charge in [0.15, 0.2) is 0 Å². The summed E-state index contributed by atoms with van der Waals surface area (Å²) in [5.74, 6) is 0. The molecule has 11 rings (SSSR count).